The minimum Gasteiger partial charge on any atom is -0.497 e. The van der Waals surface area contributed by atoms with Crippen LogP contribution in [-0.2, 0) is 9.53 Å². The third kappa shape index (κ3) is 5.59. The fourth-order valence-corrected chi connectivity index (χ4v) is 6.19. The van der Waals surface area contributed by atoms with Gasteiger partial charge in [-0.3, -0.25) is 9.36 Å². The molecular formula is C29H27IN2O7S. The lowest BCUT2D eigenvalue weighted by Gasteiger charge is -2.26. The van der Waals surface area contributed by atoms with Crippen molar-refractivity contribution in [1.82, 2.24) is 4.57 Å². The number of carbonyl (C=O) groups excluding carboxylic acids is 1. The molecule has 0 unspecified atom stereocenters. The molecule has 0 aliphatic carbocycles. The number of rotatable bonds is 9. The summed E-state index contributed by atoms with van der Waals surface area (Å²) in [7, 11) is 4.61. The van der Waals surface area contributed by atoms with Gasteiger partial charge in [0.2, 0.25) is 0 Å². The van der Waals surface area contributed by atoms with E-state index in [4.69, 9.17) is 30.1 Å². The number of fused-ring (bicyclic) bond motifs is 1. The zero-order valence-electron chi connectivity index (χ0n) is 22.6. The Hall–Kier alpha value is -3.76. The topological polar surface area (TPSA) is 97.6 Å². The van der Waals surface area contributed by atoms with E-state index in [1.165, 1.54) is 30.1 Å². The molecule has 0 N–H and O–H groups in total. The highest BCUT2D eigenvalue weighted by Crippen LogP contribution is 2.38. The van der Waals surface area contributed by atoms with E-state index in [9.17, 15) is 9.59 Å². The molecule has 4 rings (SSSR count). The van der Waals surface area contributed by atoms with Crippen molar-refractivity contribution in [1.29, 1.82) is 0 Å². The second-order valence-corrected chi connectivity index (χ2v) is 10.6. The van der Waals surface area contributed by atoms with E-state index in [0.717, 1.165) is 9.13 Å². The molecule has 1 aromatic heterocycles. The smallest absolute Gasteiger partial charge is 0.338 e. The Bertz CT molecular complexity index is 1720. The summed E-state index contributed by atoms with van der Waals surface area (Å²) in [6, 6.07) is 8.05. The van der Waals surface area contributed by atoms with E-state index in [2.05, 4.69) is 33.5 Å². The molecule has 0 radical (unpaired) electrons. The number of aromatic nitrogens is 1. The van der Waals surface area contributed by atoms with Gasteiger partial charge in [0, 0.05) is 11.6 Å². The molecule has 2 heterocycles. The zero-order valence-corrected chi connectivity index (χ0v) is 25.5. The number of nitrogens with zero attached hydrogens (tertiary/aromatic N) is 2. The second kappa shape index (κ2) is 12.6. The minimum absolute atomic E-state index is 0.0985. The van der Waals surface area contributed by atoms with Crippen LogP contribution in [0.1, 0.15) is 31.0 Å². The van der Waals surface area contributed by atoms with Crippen LogP contribution in [-0.4, -0.2) is 45.1 Å². The van der Waals surface area contributed by atoms with Gasteiger partial charge in [0.15, 0.2) is 16.3 Å². The first-order chi connectivity index (χ1) is 19.3. The lowest BCUT2D eigenvalue weighted by Crippen LogP contribution is -2.40. The van der Waals surface area contributed by atoms with Gasteiger partial charge in [-0.05, 0) is 72.3 Å². The van der Waals surface area contributed by atoms with E-state index in [-0.39, 0.29) is 24.3 Å². The van der Waals surface area contributed by atoms with Gasteiger partial charge in [0.1, 0.15) is 24.1 Å². The summed E-state index contributed by atoms with van der Waals surface area (Å²) in [5.74, 6) is 3.94. The van der Waals surface area contributed by atoms with Gasteiger partial charge in [0.05, 0.1) is 47.3 Å². The number of carbonyl (C=O) groups is 1. The number of allylic oxidation sites excluding steroid dienone is 1. The summed E-state index contributed by atoms with van der Waals surface area (Å²) in [5.41, 5.74) is 1.72. The van der Waals surface area contributed by atoms with Crippen molar-refractivity contribution in [3.63, 3.8) is 0 Å². The maximum absolute atomic E-state index is 14.0. The number of benzene rings is 2. The molecule has 2 aromatic carbocycles. The quantitative estimate of drug-likeness (QED) is 0.195. The van der Waals surface area contributed by atoms with Crippen LogP contribution in [0.15, 0.2) is 51.4 Å². The molecule has 1 aliphatic rings. The molecule has 0 saturated carbocycles. The molecule has 9 nitrogen and oxygen atoms in total. The van der Waals surface area contributed by atoms with Gasteiger partial charge < -0.3 is 23.7 Å². The van der Waals surface area contributed by atoms with Crippen molar-refractivity contribution in [3.8, 4) is 35.3 Å². The van der Waals surface area contributed by atoms with Crippen molar-refractivity contribution >= 4 is 46.0 Å². The van der Waals surface area contributed by atoms with Gasteiger partial charge >= 0.3 is 5.97 Å². The summed E-state index contributed by atoms with van der Waals surface area (Å²) in [6.07, 6.45) is 7.10. The third-order valence-electron chi connectivity index (χ3n) is 6.10. The van der Waals surface area contributed by atoms with E-state index in [0.29, 0.717) is 43.6 Å². The summed E-state index contributed by atoms with van der Waals surface area (Å²) in [5, 5.41) is 0. The van der Waals surface area contributed by atoms with Crippen molar-refractivity contribution in [2.24, 2.45) is 4.99 Å². The molecule has 11 heteroatoms. The van der Waals surface area contributed by atoms with E-state index < -0.39 is 12.0 Å². The summed E-state index contributed by atoms with van der Waals surface area (Å²) < 4.78 is 30.2. The minimum atomic E-state index is -0.826. The molecule has 3 aromatic rings. The van der Waals surface area contributed by atoms with Crippen molar-refractivity contribution in [2.75, 3.05) is 34.5 Å². The van der Waals surface area contributed by atoms with E-state index in [1.54, 1.807) is 51.3 Å². The monoisotopic (exact) mass is 674 g/mol. The molecule has 0 bridgehead atoms. The Morgan fingerprint density at radius 1 is 1.18 bits per heavy atom. The molecular weight excluding hydrogens is 647 g/mol. The van der Waals surface area contributed by atoms with E-state index in [1.807, 2.05) is 6.07 Å². The lowest BCUT2D eigenvalue weighted by molar-refractivity contribution is -0.139. The van der Waals surface area contributed by atoms with Crippen LogP contribution >= 0.6 is 33.9 Å². The Morgan fingerprint density at radius 3 is 2.58 bits per heavy atom. The maximum atomic E-state index is 14.0. The zero-order chi connectivity index (χ0) is 29.0. The lowest BCUT2D eigenvalue weighted by atomic mass is 9.95. The van der Waals surface area contributed by atoms with Gasteiger partial charge in [-0.15, -0.1) is 6.42 Å². The molecule has 0 saturated heterocycles. The highest BCUT2D eigenvalue weighted by atomic mass is 127. The Morgan fingerprint density at radius 2 is 1.93 bits per heavy atom. The van der Waals surface area contributed by atoms with Crippen LogP contribution < -0.4 is 33.8 Å². The number of terminal acetylenes is 1. The first kappa shape index (κ1) is 29.2. The standard InChI is InChI=1S/C29H27IN2O7S/c1-7-11-39-26-20(30)12-17(13-22(26)37-6)14-23-27(33)32-25(19-10-9-18(35-4)15-21(19)36-5)24(28(34)38-8-2)16(3)31-29(32)40-23/h1,9-10,12-15,25H,8,11H2,2-6H3/b23-14-/t25-/m1/s1. The van der Waals surface area contributed by atoms with E-state index >= 15 is 0 Å². The van der Waals surface area contributed by atoms with Crippen molar-refractivity contribution in [3.05, 3.63) is 76.0 Å². The van der Waals surface area contributed by atoms with Crippen molar-refractivity contribution in [2.45, 2.75) is 19.9 Å². The highest BCUT2D eigenvalue weighted by Gasteiger charge is 2.35. The summed E-state index contributed by atoms with van der Waals surface area (Å²) in [4.78, 5) is 32.2. The first-order valence-corrected chi connectivity index (χ1v) is 14.0. The van der Waals surface area contributed by atoms with Gasteiger partial charge in [0.25, 0.3) is 5.56 Å². The van der Waals surface area contributed by atoms with Crippen LogP contribution in [0, 0.1) is 15.9 Å². The van der Waals surface area contributed by atoms with Gasteiger partial charge in [-0.2, -0.15) is 0 Å². The summed E-state index contributed by atoms with van der Waals surface area (Å²) >= 11 is 3.35. The summed E-state index contributed by atoms with van der Waals surface area (Å²) in [6.45, 7) is 3.73. The molecule has 40 heavy (non-hydrogen) atoms. The number of ether oxygens (including phenoxy) is 5. The predicted molar refractivity (Wildman–Crippen MR) is 160 cm³/mol. The van der Waals surface area contributed by atoms with Crippen LogP contribution in [0.4, 0.5) is 0 Å². The number of methoxy groups -OCH3 is 3. The molecule has 0 fully saturated rings. The Labute approximate surface area is 248 Å². The highest BCUT2D eigenvalue weighted by molar-refractivity contribution is 14.1. The number of halogens is 1. The molecule has 1 aliphatic heterocycles. The van der Waals surface area contributed by atoms with Crippen LogP contribution in [0.2, 0.25) is 0 Å². The van der Waals surface area contributed by atoms with Crippen LogP contribution in [0.3, 0.4) is 0 Å². The number of hydrogen-bond donors (Lipinski definition) is 0. The average Bonchev–Trinajstić information content (AvgIpc) is 3.24. The first-order valence-electron chi connectivity index (χ1n) is 12.1. The fraction of sp³-hybridized carbons (Fsp3) is 0.276. The molecule has 208 valence electrons. The van der Waals surface area contributed by atoms with Crippen molar-refractivity contribution < 1.29 is 28.5 Å². The third-order valence-corrected chi connectivity index (χ3v) is 7.89. The molecule has 0 spiro atoms. The fourth-order valence-electron chi connectivity index (χ4n) is 4.36. The molecule has 0 amide bonds. The Kier molecular flexibility index (Phi) is 9.21. The predicted octanol–water partition coefficient (Wildman–Crippen LogP) is 3.44. The van der Waals surface area contributed by atoms with Gasteiger partial charge in [-0.1, -0.05) is 17.3 Å². The SMILES string of the molecule is C#CCOc1c(I)cc(/C=c2\sc3n(c2=O)[C@H](c2ccc(OC)cc2OC)C(C(=O)OCC)=C(C)N=3)cc1OC. The van der Waals surface area contributed by atoms with Crippen LogP contribution in [0.5, 0.6) is 23.0 Å². The van der Waals surface area contributed by atoms with Gasteiger partial charge in [-0.25, -0.2) is 9.79 Å². The number of hydrogen-bond acceptors (Lipinski definition) is 9. The maximum Gasteiger partial charge on any atom is 0.338 e. The molecule has 1 atom stereocenters. The Balaban J connectivity index is 1.95. The average molecular weight is 675 g/mol. The van der Waals surface area contributed by atoms with Crippen LogP contribution in [0.25, 0.3) is 6.08 Å². The normalized spacial score (nSPS) is 14.6. The number of thiazole rings is 1. The number of esters is 1. The largest absolute Gasteiger partial charge is 0.497 e. The second-order valence-electron chi connectivity index (χ2n) is 8.44.